The third-order valence-corrected chi connectivity index (χ3v) is 4.39. The molecule has 3 heteroatoms. The molecule has 0 radical (unpaired) electrons. The van der Waals surface area contributed by atoms with Gasteiger partial charge >= 0.3 is 0 Å². The topological polar surface area (TPSA) is 35.8 Å². The van der Waals surface area contributed by atoms with Crippen LogP contribution in [0.4, 0.5) is 5.69 Å². The minimum atomic E-state index is -0.606. The molecule has 0 fully saturated rings. The van der Waals surface area contributed by atoms with Crippen molar-refractivity contribution in [3.63, 3.8) is 0 Å². The largest absolute Gasteiger partial charge is 0.364 e. The third-order valence-electron chi connectivity index (χ3n) is 3.90. The van der Waals surface area contributed by atoms with E-state index in [1.54, 1.807) is 0 Å². The lowest BCUT2D eigenvalue weighted by Gasteiger charge is -2.25. The molecule has 0 bridgehead atoms. The van der Waals surface area contributed by atoms with Crippen molar-refractivity contribution in [3.8, 4) is 6.07 Å². The average Bonchev–Trinajstić information content (AvgIpc) is 2.80. The second kappa shape index (κ2) is 4.96. The fourth-order valence-corrected chi connectivity index (χ4v) is 3.21. The summed E-state index contributed by atoms with van der Waals surface area (Å²) in [6.07, 6.45) is 1.74. The van der Waals surface area contributed by atoms with Crippen LogP contribution in [-0.4, -0.2) is 0 Å². The molecule has 1 aliphatic carbocycles. The first-order valence-electron chi connectivity index (χ1n) is 6.68. The van der Waals surface area contributed by atoms with Crippen molar-refractivity contribution in [2.75, 3.05) is 5.32 Å². The number of aryl methyl sites for hydroxylation is 2. The van der Waals surface area contributed by atoms with Crippen molar-refractivity contribution in [1.29, 1.82) is 5.26 Å². The van der Waals surface area contributed by atoms with Crippen LogP contribution in [0, 0.1) is 18.3 Å². The van der Waals surface area contributed by atoms with Gasteiger partial charge in [0, 0.05) is 10.2 Å². The first kappa shape index (κ1) is 13.2. The summed E-state index contributed by atoms with van der Waals surface area (Å²) in [6, 6.07) is 16.9. The summed E-state index contributed by atoms with van der Waals surface area (Å²) in [5.41, 5.74) is 3.96. The molecule has 1 N–H and O–H groups in total. The molecule has 0 saturated heterocycles. The minimum absolute atomic E-state index is 0.606. The van der Waals surface area contributed by atoms with Gasteiger partial charge in [-0.05, 0) is 55.2 Å². The zero-order chi connectivity index (χ0) is 14.2. The van der Waals surface area contributed by atoms with Gasteiger partial charge in [-0.2, -0.15) is 5.26 Å². The number of hydrogen-bond acceptors (Lipinski definition) is 2. The Morgan fingerprint density at radius 2 is 1.95 bits per heavy atom. The van der Waals surface area contributed by atoms with Crippen LogP contribution in [0.25, 0.3) is 0 Å². The molecule has 0 spiro atoms. The molecule has 1 atom stereocenters. The molecule has 0 amide bonds. The van der Waals surface area contributed by atoms with E-state index in [9.17, 15) is 5.26 Å². The number of benzene rings is 2. The van der Waals surface area contributed by atoms with Gasteiger partial charge in [-0.1, -0.05) is 39.7 Å². The summed E-state index contributed by atoms with van der Waals surface area (Å²) in [6.45, 7) is 2.06. The fraction of sp³-hybridized carbons (Fsp3) is 0.235. The first-order valence-corrected chi connectivity index (χ1v) is 7.47. The molecule has 2 nitrogen and oxygen atoms in total. The average molecular weight is 327 g/mol. The van der Waals surface area contributed by atoms with Crippen LogP contribution in [0.3, 0.4) is 0 Å². The molecule has 0 saturated carbocycles. The molecule has 20 heavy (non-hydrogen) atoms. The Balaban J connectivity index is 1.99. The summed E-state index contributed by atoms with van der Waals surface area (Å²) < 4.78 is 1.07. The highest BCUT2D eigenvalue weighted by molar-refractivity contribution is 9.10. The molecule has 2 aromatic carbocycles. The normalized spacial score (nSPS) is 20.2. The van der Waals surface area contributed by atoms with Gasteiger partial charge < -0.3 is 5.32 Å². The van der Waals surface area contributed by atoms with Crippen molar-refractivity contribution >= 4 is 21.6 Å². The Morgan fingerprint density at radius 1 is 1.20 bits per heavy atom. The van der Waals surface area contributed by atoms with Gasteiger partial charge in [0.15, 0.2) is 5.54 Å². The molecule has 0 aliphatic heterocycles. The summed E-state index contributed by atoms with van der Waals surface area (Å²) in [7, 11) is 0. The first-order chi connectivity index (χ1) is 9.63. The van der Waals surface area contributed by atoms with Gasteiger partial charge in [0.1, 0.15) is 0 Å². The van der Waals surface area contributed by atoms with Crippen LogP contribution < -0.4 is 5.32 Å². The Kier molecular flexibility index (Phi) is 3.27. The van der Waals surface area contributed by atoms with E-state index in [1.807, 2.05) is 18.2 Å². The monoisotopic (exact) mass is 326 g/mol. The molecular formula is C17H15BrN2. The van der Waals surface area contributed by atoms with Gasteiger partial charge in [-0.25, -0.2) is 0 Å². The van der Waals surface area contributed by atoms with Gasteiger partial charge in [0.2, 0.25) is 0 Å². The number of anilines is 1. The van der Waals surface area contributed by atoms with E-state index >= 15 is 0 Å². The maximum atomic E-state index is 9.72. The molecule has 1 aliphatic rings. The van der Waals surface area contributed by atoms with Crippen LogP contribution in [0.1, 0.15) is 23.1 Å². The number of nitriles is 1. The van der Waals surface area contributed by atoms with Gasteiger partial charge in [0.25, 0.3) is 0 Å². The van der Waals surface area contributed by atoms with E-state index < -0.39 is 5.54 Å². The number of hydrogen-bond donors (Lipinski definition) is 1. The van der Waals surface area contributed by atoms with E-state index in [1.165, 1.54) is 11.1 Å². The maximum absolute atomic E-state index is 9.72. The Morgan fingerprint density at radius 3 is 2.65 bits per heavy atom. The molecule has 0 heterocycles. The smallest absolute Gasteiger partial charge is 0.151 e. The lowest BCUT2D eigenvalue weighted by Crippen LogP contribution is -2.31. The van der Waals surface area contributed by atoms with Gasteiger partial charge in [-0.15, -0.1) is 0 Å². The summed E-state index contributed by atoms with van der Waals surface area (Å²) >= 11 is 3.50. The second-order valence-corrected chi connectivity index (χ2v) is 6.23. The maximum Gasteiger partial charge on any atom is 0.151 e. The van der Waals surface area contributed by atoms with E-state index in [0.717, 1.165) is 28.6 Å². The number of halogens is 1. The standard InChI is InChI=1S/C17H15BrN2/c1-12-2-5-15(6-3-12)20-17(11-19)9-8-13-10-14(18)4-7-16(13)17/h2-7,10,20H,8-9H2,1H3. The Hall–Kier alpha value is -1.79. The number of rotatable bonds is 2. The highest BCUT2D eigenvalue weighted by Gasteiger charge is 2.39. The van der Waals surface area contributed by atoms with Crippen LogP contribution in [0.5, 0.6) is 0 Å². The lowest BCUT2D eigenvalue weighted by atomic mass is 9.93. The predicted molar refractivity (Wildman–Crippen MR) is 84.6 cm³/mol. The van der Waals surface area contributed by atoms with Crippen LogP contribution in [0.2, 0.25) is 0 Å². The molecule has 2 aromatic rings. The molecular weight excluding hydrogens is 312 g/mol. The highest BCUT2D eigenvalue weighted by atomic mass is 79.9. The van der Waals surface area contributed by atoms with Crippen LogP contribution in [0.15, 0.2) is 46.9 Å². The van der Waals surface area contributed by atoms with Gasteiger partial charge in [0.05, 0.1) is 6.07 Å². The van der Waals surface area contributed by atoms with Crippen molar-refractivity contribution in [2.45, 2.75) is 25.3 Å². The van der Waals surface area contributed by atoms with Crippen LogP contribution in [-0.2, 0) is 12.0 Å². The number of nitrogens with one attached hydrogen (secondary N) is 1. The Bertz CT molecular complexity index is 685. The van der Waals surface area contributed by atoms with Crippen molar-refractivity contribution < 1.29 is 0 Å². The zero-order valence-electron chi connectivity index (χ0n) is 11.3. The van der Waals surface area contributed by atoms with E-state index in [0.29, 0.717) is 0 Å². The summed E-state index contributed by atoms with van der Waals surface area (Å²) in [5.74, 6) is 0. The van der Waals surface area contributed by atoms with Crippen molar-refractivity contribution in [3.05, 3.63) is 63.6 Å². The summed E-state index contributed by atoms with van der Waals surface area (Å²) in [4.78, 5) is 0. The van der Waals surface area contributed by atoms with Crippen molar-refractivity contribution in [2.24, 2.45) is 0 Å². The zero-order valence-corrected chi connectivity index (χ0v) is 12.9. The molecule has 0 aromatic heterocycles. The Labute approximate surface area is 127 Å². The van der Waals surface area contributed by atoms with Crippen LogP contribution >= 0.6 is 15.9 Å². The van der Waals surface area contributed by atoms with Gasteiger partial charge in [-0.3, -0.25) is 0 Å². The van der Waals surface area contributed by atoms with E-state index in [2.05, 4.69) is 58.5 Å². The summed E-state index contributed by atoms with van der Waals surface area (Å²) in [5, 5.41) is 13.2. The second-order valence-electron chi connectivity index (χ2n) is 5.31. The number of fused-ring (bicyclic) bond motifs is 1. The minimum Gasteiger partial charge on any atom is -0.364 e. The van der Waals surface area contributed by atoms with E-state index in [4.69, 9.17) is 0 Å². The highest BCUT2D eigenvalue weighted by Crippen LogP contribution is 2.40. The lowest BCUT2D eigenvalue weighted by molar-refractivity contribution is 0.621. The number of nitrogens with zero attached hydrogens (tertiary/aromatic N) is 1. The third kappa shape index (κ3) is 2.21. The molecule has 1 unspecified atom stereocenters. The SMILES string of the molecule is Cc1ccc(NC2(C#N)CCc3cc(Br)ccc32)cc1. The van der Waals surface area contributed by atoms with E-state index in [-0.39, 0.29) is 0 Å². The predicted octanol–water partition coefficient (Wildman–Crippen LogP) is 4.53. The molecule has 3 rings (SSSR count). The quantitative estimate of drug-likeness (QED) is 0.879. The fourth-order valence-electron chi connectivity index (χ4n) is 2.80. The van der Waals surface area contributed by atoms with Crippen molar-refractivity contribution in [1.82, 2.24) is 0 Å². The molecule has 100 valence electrons.